The third-order valence-electron chi connectivity index (χ3n) is 3.06. The molecule has 1 aromatic heterocycles. The third-order valence-corrected chi connectivity index (χ3v) is 3.06. The molecule has 1 N–H and O–H groups in total. The number of aryl methyl sites for hydroxylation is 1. The van der Waals surface area contributed by atoms with Gasteiger partial charge in [-0.3, -0.25) is 10.00 Å². The number of aromatic nitrogens is 3. The Morgan fingerprint density at radius 1 is 1.56 bits per heavy atom. The van der Waals surface area contributed by atoms with Crippen LogP contribution in [0, 0.1) is 0 Å². The Kier molecular flexibility index (Phi) is 3.90. The molecule has 1 aliphatic heterocycles. The molecule has 0 amide bonds. The van der Waals surface area contributed by atoms with Crippen molar-refractivity contribution in [2.75, 3.05) is 20.2 Å². The van der Waals surface area contributed by atoms with Crippen molar-refractivity contribution in [3.8, 4) is 0 Å². The van der Waals surface area contributed by atoms with Crippen LogP contribution >= 0.6 is 0 Å². The Labute approximate surface area is 96.2 Å². The molecule has 0 radical (unpaired) electrons. The Bertz CT molecular complexity index is 326. The van der Waals surface area contributed by atoms with Crippen LogP contribution in [0.4, 0.5) is 0 Å². The van der Waals surface area contributed by atoms with Crippen LogP contribution in [-0.2, 0) is 17.7 Å². The van der Waals surface area contributed by atoms with Gasteiger partial charge in [0.25, 0.3) is 0 Å². The second kappa shape index (κ2) is 5.41. The molecule has 1 saturated heterocycles. The summed E-state index contributed by atoms with van der Waals surface area (Å²) < 4.78 is 5.40. The molecule has 2 rings (SSSR count). The average molecular weight is 224 g/mol. The lowest BCUT2D eigenvalue weighted by Gasteiger charge is -2.30. The lowest BCUT2D eigenvalue weighted by molar-refractivity contribution is 0.0277. The van der Waals surface area contributed by atoms with E-state index in [1.165, 1.54) is 12.8 Å². The zero-order chi connectivity index (χ0) is 11.4. The van der Waals surface area contributed by atoms with E-state index in [1.54, 1.807) is 7.11 Å². The first-order chi connectivity index (χ1) is 7.81. The van der Waals surface area contributed by atoms with Gasteiger partial charge in [-0.15, -0.1) is 0 Å². The first kappa shape index (κ1) is 11.5. The van der Waals surface area contributed by atoms with Crippen molar-refractivity contribution < 1.29 is 4.74 Å². The Balaban J connectivity index is 1.88. The largest absolute Gasteiger partial charge is 0.380 e. The molecule has 1 aromatic rings. The van der Waals surface area contributed by atoms with Crippen LogP contribution in [0.3, 0.4) is 0 Å². The highest BCUT2D eigenvalue weighted by Gasteiger charge is 2.20. The second-order valence-corrected chi connectivity index (χ2v) is 4.29. The van der Waals surface area contributed by atoms with Gasteiger partial charge in [-0.2, -0.15) is 5.10 Å². The summed E-state index contributed by atoms with van der Waals surface area (Å²) in [6.45, 7) is 5.04. The molecule has 0 aliphatic carbocycles. The van der Waals surface area contributed by atoms with Crippen LogP contribution in [0.1, 0.15) is 31.4 Å². The number of nitrogens with zero attached hydrogens (tertiary/aromatic N) is 3. The lowest BCUT2D eigenvalue weighted by Crippen LogP contribution is -2.38. The number of aromatic amines is 1. The minimum absolute atomic E-state index is 0.377. The van der Waals surface area contributed by atoms with Crippen molar-refractivity contribution in [2.24, 2.45) is 0 Å². The fraction of sp³-hybridized carbons (Fsp3) is 0.818. The van der Waals surface area contributed by atoms with E-state index in [2.05, 4.69) is 27.0 Å². The molecule has 1 unspecified atom stereocenters. The molecule has 1 aliphatic rings. The average Bonchev–Trinajstić information content (AvgIpc) is 2.77. The van der Waals surface area contributed by atoms with Crippen molar-refractivity contribution in [1.29, 1.82) is 0 Å². The summed E-state index contributed by atoms with van der Waals surface area (Å²) in [5, 5.41) is 7.14. The molecule has 5 nitrogen and oxygen atoms in total. The van der Waals surface area contributed by atoms with Crippen LogP contribution in [-0.4, -0.2) is 46.4 Å². The van der Waals surface area contributed by atoms with Gasteiger partial charge in [0.2, 0.25) is 0 Å². The normalized spacial score (nSPS) is 22.5. The predicted octanol–water partition coefficient (Wildman–Crippen LogP) is 0.978. The number of nitrogens with one attached hydrogen (secondary N) is 1. The van der Waals surface area contributed by atoms with Crippen molar-refractivity contribution in [3.05, 3.63) is 11.6 Å². The van der Waals surface area contributed by atoms with Crippen LogP contribution in [0.5, 0.6) is 0 Å². The van der Waals surface area contributed by atoms with E-state index in [-0.39, 0.29) is 0 Å². The quantitative estimate of drug-likeness (QED) is 0.828. The Hall–Kier alpha value is -0.940. The first-order valence-corrected chi connectivity index (χ1v) is 5.97. The van der Waals surface area contributed by atoms with Gasteiger partial charge >= 0.3 is 0 Å². The molecular weight excluding hydrogens is 204 g/mol. The van der Waals surface area contributed by atoms with Crippen LogP contribution in [0.15, 0.2) is 0 Å². The van der Waals surface area contributed by atoms with Gasteiger partial charge < -0.3 is 4.74 Å². The maximum absolute atomic E-state index is 5.40. The molecule has 0 aromatic carbocycles. The van der Waals surface area contributed by atoms with Crippen molar-refractivity contribution in [1.82, 2.24) is 20.1 Å². The number of piperidine rings is 1. The minimum atomic E-state index is 0.377. The fourth-order valence-electron chi connectivity index (χ4n) is 2.12. The van der Waals surface area contributed by atoms with E-state index in [0.29, 0.717) is 6.10 Å². The summed E-state index contributed by atoms with van der Waals surface area (Å²) in [5.74, 6) is 1.86. The van der Waals surface area contributed by atoms with E-state index in [1.807, 2.05) is 0 Å². The minimum Gasteiger partial charge on any atom is -0.380 e. The monoisotopic (exact) mass is 224 g/mol. The summed E-state index contributed by atoms with van der Waals surface area (Å²) in [6, 6.07) is 0. The number of methoxy groups -OCH3 is 1. The van der Waals surface area contributed by atoms with E-state index < -0.39 is 0 Å². The van der Waals surface area contributed by atoms with Gasteiger partial charge in [0, 0.05) is 20.1 Å². The molecule has 16 heavy (non-hydrogen) atoms. The van der Waals surface area contributed by atoms with Crippen LogP contribution in [0.2, 0.25) is 0 Å². The molecule has 2 heterocycles. The van der Waals surface area contributed by atoms with Gasteiger partial charge in [0.1, 0.15) is 11.6 Å². The topological polar surface area (TPSA) is 54.0 Å². The van der Waals surface area contributed by atoms with E-state index in [4.69, 9.17) is 4.74 Å². The van der Waals surface area contributed by atoms with Crippen LogP contribution < -0.4 is 0 Å². The summed E-state index contributed by atoms with van der Waals surface area (Å²) >= 11 is 0. The van der Waals surface area contributed by atoms with Gasteiger partial charge in [0.15, 0.2) is 0 Å². The summed E-state index contributed by atoms with van der Waals surface area (Å²) in [5.41, 5.74) is 0. The zero-order valence-corrected chi connectivity index (χ0v) is 10.1. The Morgan fingerprint density at radius 2 is 2.44 bits per heavy atom. The SMILES string of the molecule is CCc1n[nH]c(CN2CCCC(OC)C2)n1. The van der Waals surface area contributed by atoms with Crippen molar-refractivity contribution in [3.63, 3.8) is 0 Å². The highest BCUT2D eigenvalue weighted by Crippen LogP contribution is 2.14. The number of hydrogen-bond acceptors (Lipinski definition) is 4. The third kappa shape index (κ3) is 2.80. The smallest absolute Gasteiger partial charge is 0.150 e. The summed E-state index contributed by atoms with van der Waals surface area (Å²) in [4.78, 5) is 6.80. The summed E-state index contributed by atoms with van der Waals surface area (Å²) in [6.07, 6.45) is 3.64. The molecule has 0 bridgehead atoms. The van der Waals surface area contributed by atoms with Crippen molar-refractivity contribution >= 4 is 0 Å². The molecule has 5 heteroatoms. The van der Waals surface area contributed by atoms with Crippen LogP contribution in [0.25, 0.3) is 0 Å². The molecule has 0 saturated carbocycles. The number of ether oxygens (including phenoxy) is 1. The second-order valence-electron chi connectivity index (χ2n) is 4.29. The maximum Gasteiger partial charge on any atom is 0.150 e. The molecule has 0 spiro atoms. The van der Waals surface area contributed by atoms with E-state index >= 15 is 0 Å². The highest BCUT2D eigenvalue weighted by atomic mass is 16.5. The molecule has 1 fully saturated rings. The van der Waals surface area contributed by atoms with Gasteiger partial charge in [-0.1, -0.05) is 6.92 Å². The fourth-order valence-corrected chi connectivity index (χ4v) is 2.12. The lowest BCUT2D eigenvalue weighted by atomic mass is 10.1. The number of H-pyrrole nitrogens is 1. The molecule has 1 atom stereocenters. The first-order valence-electron chi connectivity index (χ1n) is 5.97. The van der Waals surface area contributed by atoms with Gasteiger partial charge in [-0.25, -0.2) is 4.98 Å². The predicted molar refractivity (Wildman–Crippen MR) is 61.1 cm³/mol. The molecule has 90 valence electrons. The number of rotatable bonds is 4. The van der Waals surface area contributed by atoms with Gasteiger partial charge in [-0.05, 0) is 19.4 Å². The molecular formula is C11H20N4O. The maximum atomic E-state index is 5.40. The van der Waals surface area contributed by atoms with E-state index in [0.717, 1.165) is 37.7 Å². The highest BCUT2D eigenvalue weighted by molar-refractivity contribution is 4.90. The van der Waals surface area contributed by atoms with Crippen molar-refractivity contribution in [2.45, 2.75) is 38.8 Å². The zero-order valence-electron chi connectivity index (χ0n) is 10.1. The van der Waals surface area contributed by atoms with Gasteiger partial charge in [0.05, 0.1) is 12.6 Å². The Morgan fingerprint density at radius 3 is 3.12 bits per heavy atom. The standard InChI is InChI=1S/C11H20N4O/c1-3-10-12-11(14-13-10)8-15-6-4-5-9(7-15)16-2/h9H,3-8H2,1-2H3,(H,12,13,14). The summed E-state index contributed by atoms with van der Waals surface area (Å²) in [7, 11) is 1.79. The number of hydrogen-bond donors (Lipinski definition) is 1. The van der Waals surface area contributed by atoms with E-state index in [9.17, 15) is 0 Å². The number of likely N-dealkylation sites (tertiary alicyclic amines) is 1.